The van der Waals surface area contributed by atoms with Crippen molar-refractivity contribution in [2.45, 2.75) is 43.5 Å². The van der Waals surface area contributed by atoms with Crippen LogP contribution in [0.1, 0.15) is 32.6 Å². The molecule has 0 spiro atoms. The number of hydrogen-bond acceptors (Lipinski definition) is 4. The number of aromatic nitrogens is 1. The van der Waals surface area contributed by atoms with Gasteiger partial charge in [0.1, 0.15) is 10.7 Å². The molecule has 2 rings (SSSR count). The first kappa shape index (κ1) is 14.3. The highest BCUT2D eigenvalue weighted by Gasteiger charge is 2.27. The Balaban J connectivity index is 2.17. The van der Waals surface area contributed by atoms with Crippen LogP contribution in [0.25, 0.3) is 0 Å². The normalized spacial score (nSPS) is 18.4. The standard InChI is InChI=1S/C13H21N3O2S/c1-10(11-6-3-4-7-11)16-19(17,18)12-8-5-9-15-13(12)14-2/h5,8-11,16H,3-4,6-7H2,1-2H3,(H,14,15). The minimum Gasteiger partial charge on any atom is -0.372 e. The molecule has 1 heterocycles. The number of pyridine rings is 1. The molecule has 1 unspecified atom stereocenters. The molecule has 0 bridgehead atoms. The number of nitrogens with zero attached hydrogens (tertiary/aromatic N) is 1. The molecule has 5 nitrogen and oxygen atoms in total. The monoisotopic (exact) mass is 283 g/mol. The van der Waals surface area contributed by atoms with Crippen molar-refractivity contribution in [1.29, 1.82) is 0 Å². The maximum atomic E-state index is 12.4. The molecule has 6 heteroatoms. The molecule has 0 aliphatic heterocycles. The van der Waals surface area contributed by atoms with E-state index in [1.54, 1.807) is 25.4 Å². The fourth-order valence-electron chi connectivity index (χ4n) is 2.66. The van der Waals surface area contributed by atoms with Gasteiger partial charge in [0, 0.05) is 19.3 Å². The van der Waals surface area contributed by atoms with Crippen molar-refractivity contribution in [2.75, 3.05) is 12.4 Å². The number of sulfonamides is 1. The van der Waals surface area contributed by atoms with Crippen molar-refractivity contribution in [3.63, 3.8) is 0 Å². The van der Waals surface area contributed by atoms with Crippen LogP contribution in [0.3, 0.4) is 0 Å². The van der Waals surface area contributed by atoms with E-state index in [0.717, 1.165) is 12.8 Å². The summed E-state index contributed by atoms with van der Waals surface area (Å²) in [4.78, 5) is 4.25. The summed E-state index contributed by atoms with van der Waals surface area (Å²) >= 11 is 0. The molecule has 1 fully saturated rings. The first-order valence-electron chi connectivity index (χ1n) is 6.69. The molecular weight excluding hydrogens is 262 g/mol. The highest BCUT2D eigenvalue weighted by Crippen LogP contribution is 2.28. The third-order valence-corrected chi connectivity index (χ3v) is 5.34. The average Bonchev–Trinajstić information content (AvgIpc) is 2.92. The predicted octanol–water partition coefficient (Wildman–Crippen LogP) is 1.98. The molecule has 1 atom stereocenters. The van der Waals surface area contributed by atoms with Gasteiger partial charge in [-0.2, -0.15) is 0 Å². The summed E-state index contributed by atoms with van der Waals surface area (Å²) in [6, 6.07) is 3.18. The molecule has 1 aliphatic carbocycles. The lowest BCUT2D eigenvalue weighted by molar-refractivity contribution is 0.424. The van der Waals surface area contributed by atoms with Crippen molar-refractivity contribution in [3.05, 3.63) is 18.3 Å². The van der Waals surface area contributed by atoms with Gasteiger partial charge in [-0.1, -0.05) is 12.8 Å². The van der Waals surface area contributed by atoms with Gasteiger partial charge in [-0.25, -0.2) is 18.1 Å². The highest BCUT2D eigenvalue weighted by atomic mass is 32.2. The van der Waals surface area contributed by atoms with Crippen LogP contribution in [0.5, 0.6) is 0 Å². The van der Waals surface area contributed by atoms with Crippen LogP contribution in [0, 0.1) is 5.92 Å². The predicted molar refractivity (Wildman–Crippen MR) is 75.5 cm³/mol. The molecule has 1 aromatic rings. The maximum absolute atomic E-state index is 12.4. The Morgan fingerprint density at radius 2 is 2.05 bits per heavy atom. The summed E-state index contributed by atoms with van der Waals surface area (Å²) < 4.78 is 27.6. The second-order valence-corrected chi connectivity index (χ2v) is 6.74. The minimum absolute atomic E-state index is 0.0302. The summed E-state index contributed by atoms with van der Waals surface area (Å²) in [7, 11) is -1.85. The Kier molecular flexibility index (Phi) is 4.42. The second-order valence-electron chi connectivity index (χ2n) is 5.05. The lowest BCUT2D eigenvalue weighted by Gasteiger charge is -2.20. The molecule has 2 N–H and O–H groups in total. The van der Waals surface area contributed by atoms with Gasteiger partial charge >= 0.3 is 0 Å². The van der Waals surface area contributed by atoms with Crippen molar-refractivity contribution >= 4 is 15.8 Å². The van der Waals surface area contributed by atoms with E-state index in [1.807, 2.05) is 6.92 Å². The maximum Gasteiger partial charge on any atom is 0.244 e. The molecule has 1 saturated carbocycles. The smallest absolute Gasteiger partial charge is 0.244 e. The van der Waals surface area contributed by atoms with Crippen LogP contribution in [0.2, 0.25) is 0 Å². The van der Waals surface area contributed by atoms with Crippen LogP contribution in [0.4, 0.5) is 5.82 Å². The molecular formula is C13H21N3O2S. The minimum atomic E-state index is -3.51. The fourth-order valence-corrected chi connectivity index (χ4v) is 4.13. The largest absolute Gasteiger partial charge is 0.372 e. The Bertz CT molecular complexity index is 524. The summed E-state index contributed by atoms with van der Waals surface area (Å²) in [5.74, 6) is 0.832. The van der Waals surface area contributed by atoms with Crippen LogP contribution in [-0.4, -0.2) is 26.5 Å². The molecule has 1 aromatic heterocycles. The molecule has 0 amide bonds. The van der Waals surface area contributed by atoms with Gasteiger partial charge in [-0.15, -0.1) is 0 Å². The average molecular weight is 283 g/mol. The fraction of sp³-hybridized carbons (Fsp3) is 0.615. The van der Waals surface area contributed by atoms with Gasteiger partial charge in [-0.3, -0.25) is 0 Å². The molecule has 106 valence electrons. The third kappa shape index (κ3) is 3.25. The van der Waals surface area contributed by atoms with Crippen LogP contribution in [0.15, 0.2) is 23.2 Å². The second kappa shape index (κ2) is 5.88. The van der Waals surface area contributed by atoms with Gasteiger partial charge in [0.2, 0.25) is 10.0 Å². The first-order valence-corrected chi connectivity index (χ1v) is 8.18. The summed E-state index contributed by atoms with van der Waals surface area (Å²) in [5, 5.41) is 2.81. The number of rotatable bonds is 5. The van der Waals surface area contributed by atoms with Gasteiger partial charge in [0.05, 0.1) is 0 Å². The van der Waals surface area contributed by atoms with E-state index < -0.39 is 10.0 Å². The first-order chi connectivity index (χ1) is 9.04. The van der Waals surface area contributed by atoms with Crippen LogP contribution >= 0.6 is 0 Å². The molecule has 0 saturated heterocycles. The zero-order chi connectivity index (χ0) is 13.9. The lowest BCUT2D eigenvalue weighted by Crippen LogP contribution is -2.37. The van der Waals surface area contributed by atoms with E-state index in [2.05, 4.69) is 15.0 Å². The van der Waals surface area contributed by atoms with Gasteiger partial charge in [-0.05, 0) is 37.8 Å². The molecule has 1 aliphatic rings. The van der Waals surface area contributed by atoms with E-state index in [1.165, 1.54) is 12.8 Å². The Morgan fingerprint density at radius 3 is 2.68 bits per heavy atom. The highest BCUT2D eigenvalue weighted by molar-refractivity contribution is 7.89. The van der Waals surface area contributed by atoms with E-state index in [0.29, 0.717) is 11.7 Å². The number of hydrogen-bond donors (Lipinski definition) is 2. The van der Waals surface area contributed by atoms with Gasteiger partial charge in [0.25, 0.3) is 0 Å². The Labute approximate surface area is 114 Å². The lowest BCUT2D eigenvalue weighted by atomic mass is 10.0. The zero-order valence-corrected chi connectivity index (χ0v) is 12.2. The zero-order valence-electron chi connectivity index (χ0n) is 11.4. The molecule has 0 radical (unpaired) electrons. The quantitative estimate of drug-likeness (QED) is 0.867. The van der Waals surface area contributed by atoms with Gasteiger partial charge in [0.15, 0.2) is 0 Å². The van der Waals surface area contributed by atoms with E-state index in [4.69, 9.17) is 0 Å². The van der Waals surface area contributed by atoms with Crippen molar-refractivity contribution in [3.8, 4) is 0 Å². The third-order valence-electron chi connectivity index (χ3n) is 3.74. The molecule has 19 heavy (non-hydrogen) atoms. The molecule has 0 aromatic carbocycles. The summed E-state index contributed by atoms with van der Waals surface area (Å²) in [6.45, 7) is 1.95. The summed E-state index contributed by atoms with van der Waals surface area (Å²) in [6.07, 6.45) is 6.19. The topological polar surface area (TPSA) is 71.1 Å². The summed E-state index contributed by atoms with van der Waals surface area (Å²) in [5.41, 5.74) is 0. The number of anilines is 1. The van der Waals surface area contributed by atoms with E-state index >= 15 is 0 Å². The Hall–Kier alpha value is -1.14. The Morgan fingerprint density at radius 1 is 1.37 bits per heavy atom. The van der Waals surface area contributed by atoms with Crippen molar-refractivity contribution in [1.82, 2.24) is 9.71 Å². The SMILES string of the molecule is CNc1ncccc1S(=O)(=O)NC(C)C1CCCC1. The van der Waals surface area contributed by atoms with E-state index in [-0.39, 0.29) is 10.9 Å². The van der Waals surface area contributed by atoms with Crippen molar-refractivity contribution in [2.24, 2.45) is 5.92 Å². The van der Waals surface area contributed by atoms with Gasteiger partial charge < -0.3 is 5.32 Å². The van der Waals surface area contributed by atoms with Crippen molar-refractivity contribution < 1.29 is 8.42 Å². The van der Waals surface area contributed by atoms with Crippen LogP contribution in [-0.2, 0) is 10.0 Å². The van der Waals surface area contributed by atoms with Crippen LogP contribution < -0.4 is 10.0 Å². The van der Waals surface area contributed by atoms with E-state index in [9.17, 15) is 8.42 Å². The number of nitrogens with one attached hydrogen (secondary N) is 2.